The topological polar surface area (TPSA) is 9.23 Å². The van der Waals surface area contributed by atoms with Crippen LogP contribution in [0, 0.1) is 3.57 Å². The highest BCUT2D eigenvalue weighted by Crippen LogP contribution is 2.19. The second-order valence-electron chi connectivity index (χ2n) is 2.10. The normalized spacial score (nSPS) is 10.5. The molecule has 12 heavy (non-hydrogen) atoms. The maximum absolute atomic E-state index is 5.40. The van der Waals surface area contributed by atoms with Gasteiger partial charge in [-0.3, -0.25) is 0 Å². The lowest BCUT2D eigenvalue weighted by atomic mass is 10.3. The second kappa shape index (κ2) is 5.43. The minimum Gasteiger partial charge on any atom is -0.488 e. The zero-order chi connectivity index (χ0) is 8.81. The number of rotatable bonds is 3. The summed E-state index contributed by atoms with van der Waals surface area (Å²) in [7, 11) is 0. The molecule has 1 nitrogen and oxygen atoms in total. The van der Waals surface area contributed by atoms with Crippen LogP contribution in [0.2, 0.25) is 0 Å². The first kappa shape index (κ1) is 9.86. The Morgan fingerprint density at radius 2 is 2.17 bits per heavy atom. The van der Waals surface area contributed by atoms with E-state index in [0.717, 1.165) is 9.32 Å². The van der Waals surface area contributed by atoms with E-state index in [2.05, 4.69) is 22.6 Å². The summed E-state index contributed by atoms with van der Waals surface area (Å²) in [6.07, 6.45) is 1.75. The number of hydrogen-bond acceptors (Lipinski definition) is 1. The van der Waals surface area contributed by atoms with Gasteiger partial charge >= 0.3 is 0 Å². The average molecular weight is 295 g/mol. The van der Waals surface area contributed by atoms with Crippen LogP contribution in [0.3, 0.4) is 0 Å². The van der Waals surface area contributed by atoms with Gasteiger partial charge in [0, 0.05) is 5.54 Å². The van der Waals surface area contributed by atoms with Crippen molar-refractivity contribution in [1.29, 1.82) is 0 Å². The summed E-state index contributed by atoms with van der Waals surface area (Å²) in [5, 5.41) is 0. The van der Waals surface area contributed by atoms with Crippen molar-refractivity contribution < 1.29 is 4.74 Å². The molecule has 0 amide bonds. The van der Waals surface area contributed by atoms with E-state index in [1.54, 1.807) is 6.08 Å². The minimum absolute atomic E-state index is 0.517. The number of para-hydroxylation sites is 1. The SMILES string of the molecule is Cl/C=C/COc1ccccc1I. The van der Waals surface area contributed by atoms with E-state index in [1.807, 2.05) is 24.3 Å². The first-order valence-corrected chi connectivity index (χ1v) is 4.98. The van der Waals surface area contributed by atoms with E-state index < -0.39 is 0 Å². The Morgan fingerprint density at radius 1 is 1.42 bits per heavy atom. The summed E-state index contributed by atoms with van der Waals surface area (Å²) in [6, 6.07) is 7.86. The quantitative estimate of drug-likeness (QED) is 0.776. The molecule has 0 aliphatic rings. The summed E-state index contributed by atoms with van der Waals surface area (Å²) >= 11 is 7.58. The van der Waals surface area contributed by atoms with E-state index in [9.17, 15) is 0 Å². The van der Waals surface area contributed by atoms with Crippen molar-refractivity contribution in [2.75, 3.05) is 6.61 Å². The highest BCUT2D eigenvalue weighted by Gasteiger charge is 1.95. The zero-order valence-electron chi connectivity index (χ0n) is 6.34. The molecule has 0 aliphatic carbocycles. The van der Waals surface area contributed by atoms with Gasteiger partial charge in [0.15, 0.2) is 0 Å². The molecule has 0 heterocycles. The molecule has 1 rings (SSSR count). The van der Waals surface area contributed by atoms with Crippen molar-refractivity contribution in [1.82, 2.24) is 0 Å². The predicted octanol–water partition coefficient (Wildman–Crippen LogP) is 3.42. The van der Waals surface area contributed by atoms with Crippen LogP contribution in [0.25, 0.3) is 0 Å². The van der Waals surface area contributed by atoms with Crippen molar-refractivity contribution in [2.45, 2.75) is 0 Å². The molecule has 0 fully saturated rings. The predicted molar refractivity (Wildman–Crippen MR) is 59.6 cm³/mol. The number of benzene rings is 1. The van der Waals surface area contributed by atoms with Crippen LogP contribution in [-0.4, -0.2) is 6.61 Å². The largest absolute Gasteiger partial charge is 0.488 e. The molecule has 0 saturated heterocycles. The molecule has 0 spiro atoms. The zero-order valence-corrected chi connectivity index (χ0v) is 9.25. The van der Waals surface area contributed by atoms with Crippen molar-refractivity contribution in [3.63, 3.8) is 0 Å². The van der Waals surface area contributed by atoms with Gasteiger partial charge in [-0.05, 0) is 40.8 Å². The Bertz CT molecular complexity index is 273. The van der Waals surface area contributed by atoms with Gasteiger partial charge in [-0.2, -0.15) is 0 Å². The third-order valence-electron chi connectivity index (χ3n) is 1.26. The van der Waals surface area contributed by atoms with Gasteiger partial charge < -0.3 is 4.74 Å². The molecule has 0 N–H and O–H groups in total. The van der Waals surface area contributed by atoms with Crippen LogP contribution in [0.5, 0.6) is 5.75 Å². The van der Waals surface area contributed by atoms with E-state index in [4.69, 9.17) is 16.3 Å². The maximum atomic E-state index is 5.40. The Kier molecular flexibility index (Phi) is 4.46. The summed E-state index contributed by atoms with van der Waals surface area (Å²) in [4.78, 5) is 0. The van der Waals surface area contributed by atoms with Gasteiger partial charge in [0.25, 0.3) is 0 Å². The van der Waals surface area contributed by atoms with Gasteiger partial charge in [-0.15, -0.1) is 0 Å². The molecular formula is C9H8ClIO. The summed E-state index contributed by atoms with van der Waals surface area (Å²) in [5.74, 6) is 0.896. The van der Waals surface area contributed by atoms with E-state index >= 15 is 0 Å². The molecule has 1 aromatic rings. The lowest BCUT2D eigenvalue weighted by Crippen LogP contribution is -1.94. The lowest BCUT2D eigenvalue weighted by Gasteiger charge is -2.03. The Hall–Kier alpha value is -0.220. The number of halogens is 2. The maximum Gasteiger partial charge on any atom is 0.133 e. The van der Waals surface area contributed by atoms with Crippen LogP contribution in [0.1, 0.15) is 0 Å². The van der Waals surface area contributed by atoms with Crippen LogP contribution >= 0.6 is 34.2 Å². The van der Waals surface area contributed by atoms with Gasteiger partial charge in [0.1, 0.15) is 12.4 Å². The molecule has 0 atom stereocenters. The minimum atomic E-state index is 0.517. The Balaban J connectivity index is 2.57. The number of hydrogen-bond donors (Lipinski definition) is 0. The first-order valence-electron chi connectivity index (χ1n) is 3.47. The van der Waals surface area contributed by atoms with E-state index in [-0.39, 0.29) is 0 Å². The fraction of sp³-hybridized carbons (Fsp3) is 0.111. The average Bonchev–Trinajstić information content (AvgIpc) is 2.09. The highest BCUT2D eigenvalue weighted by molar-refractivity contribution is 14.1. The van der Waals surface area contributed by atoms with Crippen molar-refractivity contribution in [3.8, 4) is 5.75 Å². The molecule has 3 heteroatoms. The number of ether oxygens (including phenoxy) is 1. The summed E-state index contributed by atoms with van der Waals surface area (Å²) < 4.78 is 6.51. The molecule has 64 valence electrons. The van der Waals surface area contributed by atoms with Crippen molar-refractivity contribution >= 4 is 34.2 Å². The summed E-state index contributed by atoms with van der Waals surface area (Å²) in [6.45, 7) is 0.517. The molecule has 0 radical (unpaired) electrons. The Morgan fingerprint density at radius 3 is 2.83 bits per heavy atom. The van der Waals surface area contributed by atoms with Crippen molar-refractivity contribution in [2.24, 2.45) is 0 Å². The van der Waals surface area contributed by atoms with Gasteiger partial charge in [0.05, 0.1) is 3.57 Å². The monoisotopic (exact) mass is 294 g/mol. The van der Waals surface area contributed by atoms with Crippen LogP contribution in [0.4, 0.5) is 0 Å². The van der Waals surface area contributed by atoms with Crippen LogP contribution in [0.15, 0.2) is 35.9 Å². The smallest absolute Gasteiger partial charge is 0.133 e. The van der Waals surface area contributed by atoms with Gasteiger partial charge in [0.2, 0.25) is 0 Å². The highest BCUT2D eigenvalue weighted by atomic mass is 127. The standard InChI is InChI=1S/C9H8ClIO/c10-6-3-7-12-9-5-2-1-4-8(9)11/h1-6H,7H2/b6-3+. The second-order valence-corrected chi connectivity index (χ2v) is 3.52. The molecular weight excluding hydrogens is 286 g/mol. The molecule has 0 saturated carbocycles. The fourth-order valence-corrected chi connectivity index (χ4v) is 1.35. The van der Waals surface area contributed by atoms with Crippen LogP contribution < -0.4 is 4.74 Å². The Labute approximate surface area is 90.5 Å². The third kappa shape index (κ3) is 3.03. The molecule has 0 bridgehead atoms. The molecule has 1 aromatic carbocycles. The van der Waals surface area contributed by atoms with Crippen molar-refractivity contribution in [3.05, 3.63) is 39.4 Å². The van der Waals surface area contributed by atoms with Gasteiger partial charge in [-0.1, -0.05) is 23.7 Å². The fourth-order valence-electron chi connectivity index (χ4n) is 0.736. The van der Waals surface area contributed by atoms with Crippen LogP contribution in [-0.2, 0) is 0 Å². The summed E-state index contributed by atoms with van der Waals surface area (Å²) in [5.41, 5.74) is 1.45. The van der Waals surface area contributed by atoms with E-state index in [1.165, 1.54) is 5.54 Å². The molecule has 0 unspecified atom stereocenters. The molecule has 0 aromatic heterocycles. The third-order valence-corrected chi connectivity index (χ3v) is 2.33. The lowest BCUT2D eigenvalue weighted by molar-refractivity contribution is 0.360. The molecule has 0 aliphatic heterocycles. The first-order chi connectivity index (χ1) is 5.84. The van der Waals surface area contributed by atoms with E-state index in [0.29, 0.717) is 6.61 Å². The van der Waals surface area contributed by atoms with Gasteiger partial charge in [-0.25, -0.2) is 0 Å².